The van der Waals surface area contributed by atoms with Crippen molar-refractivity contribution in [3.8, 4) is 11.1 Å². The molecular formula is C21H21. The van der Waals surface area contributed by atoms with E-state index in [0.29, 0.717) is 0 Å². The molecule has 0 spiro atoms. The molecule has 3 aliphatic rings. The molecule has 0 fully saturated rings. The fourth-order valence-electron chi connectivity index (χ4n) is 4.48. The molecule has 1 radical (unpaired) electrons. The highest BCUT2D eigenvalue weighted by molar-refractivity contribution is 5.83. The second-order valence-corrected chi connectivity index (χ2v) is 6.97. The smallest absolute Gasteiger partial charge is 0.0212 e. The molecule has 0 saturated heterocycles. The van der Waals surface area contributed by atoms with Gasteiger partial charge in [0.05, 0.1) is 0 Å². The Hall–Kier alpha value is -1.56. The van der Waals surface area contributed by atoms with Gasteiger partial charge in [0.2, 0.25) is 0 Å². The lowest BCUT2D eigenvalue weighted by atomic mass is 9.86. The van der Waals surface area contributed by atoms with Crippen LogP contribution in [0.25, 0.3) is 11.1 Å². The van der Waals surface area contributed by atoms with E-state index in [-0.39, 0.29) is 0 Å². The molecular weight excluding hydrogens is 252 g/mol. The fraction of sp³-hybridized carbons (Fsp3) is 0.381. The summed E-state index contributed by atoms with van der Waals surface area (Å²) in [6.45, 7) is 0. The molecule has 0 aromatic heterocycles. The average Bonchev–Trinajstić information content (AvgIpc) is 2.87. The van der Waals surface area contributed by atoms with Crippen molar-refractivity contribution in [2.75, 3.05) is 0 Å². The van der Waals surface area contributed by atoms with E-state index in [1.807, 2.05) is 0 Å². The third kappa shape index (κ3) is 1.81. The van der Waals surface area contributed by atoms with Gasteiger partial charge >= 0.3 is 0 Å². The molecule has 0 heteroatoms. The van der Waals surface area contributed by atoms with Crippen LogP contribution in [0.4, 0.5) is 0 Å². The van der Waals surface area contributed by atoms with Gasteiger partial charge in [0.15, 0.2) is 0 Å². The first-order valence-electron chi connectivity index (χ1n) is 8.55. The van der Waals surface area contributed by atoms with Crippen LogP contribution in [0.3, 0.4) is 0 Å². The van der Waals surface area contributed by atoms with E-state index in [0.717, 1.165) is 0 Å². The molecule has 21 heavy (non-hydrogen) atoms. The van der Waals surface area contributed by atoms with Gasteiger partial charge in [-0.15, -0.1) is 0 Å². The van der Waals surface area contributed by atoms with Crippen molar-refractivity contribution < 1.29 is 0 Å². The van der Waals surface area contributed by atoms with Gasteiger partial charge in [-0.1, -0.05) is 24.3 Å². The van der Waals surface area contributed by atoms with Gasteiger partial charge in [0, 0.05) is 6.42 Å². The second-order valence-electron chi connectivity index (χ2n) is 6.97. The molecule has 2 aromatic rings. The number of rotatable bonds is 0. The summed E-state index contributed by atoms with van der Waals surface area (Å²) in [6.07, 6.45) is 13.0. The van der Waals surface area contributed by atoms with Gasteiger partial charge in [0.25, 0.3) is 0 Å². The normalized spacial score (nSPS) is 18.7. The summed E-state index contributed by atoms with van der Waals surface area (Å²) in [5, 5.41) is 0. The van der Waals surface area contributed by atoms with Crippen LogP contribution < -0.4 is 0 Å². The number of benzene rings is 2. The molecule has 0 heterocycles. The highest BCUT2D eigenvalue weighted by Crippen LogP contribution is 2.42. The van der Waals surface area contributed by atoms with E-state index in [4.69, 9.17) is 0 Å². The molecule has 0 aliphatic heterocycles. The Kier molecular flexibility index (Phi) is 2.56. The molecule has 5 rings (SSSR count). The number of hydrogen-bond acceptors (Lipinski definition) is 0. The molecule has 0 amide bonds. The van der Waals surface area contributed by atoms with Crippen molar-refractivity contribution in [1.29, 1.82) is 0 Å². The minimum atomic E-state index is 1.28. The number of fused-ring (bicyclic) bond motifs is 5. The van der Waals surface area contributed by atoms with E-state index in [2.05, 4.69) is 30.7 Å². The quantitative estimate of drug-likeness (QED) is 0.539. The summed E-state index contributed by atoms with van der Waals surface area (Å²) in [7, 11) is 0. The summed E-state index contributed by atoms with van der Waals surface area (Å²) in [4.78, 5) is 0. The molecule has 2 aromatic carbocycles. The first-order chi connectivity index (χ1) is 10.4. The van der Waals surface area contributed by atoms with E-state index >= 15 is 0 Å². The summed E-state index contributed by atoms with van der Waals surface area (Å²) in [5.41, 5.74) is 12.4. The van der Waals surface area contributed by atoms with Crippen molar-refractivity contribution in [3.05, 3.63) is 64.1 Å². The average molecular weight is 273 g/mol. The second kappa shape index (κ2) is 4.47. The van der Waals surface area contributed by atoms with Gasteiger partial charge in [0.1, 0.15) is 0 Å². The molecule has 3 aliphatic carbocycles. The Morgan fingerprint density at radius 3 is 1.29 bits per heavy atom. The van der Waals surface area contributed by atoms with Gasteiger partial charge in [-0.25, -0.2) is 0 Å². The van der Waals surface area contributed by atoms with Crippen LogP contribution in [0, 0.1) is 6.42 Å². The topological polar surface area (TPSA) is 0 Å². The van der Waals surface area contributed by atoms with E-state index in [9.17, 15) is 0 Å². The predicted octanol–water partition coefficient (Wildman–Crippen LogP) is 5.03. The third-order valence-electron chi connectivity index (χ3n) is 5.63. The monoisotopic (exact) mass is 273 g/mol. The van der Waals surface area contributed by atoms with Crippen molar-refractivity contribution in [3.63, 3.8) is 0 Å². The maximum Gasteiger partial charge on any atom is 0.0212 e. The molecule has 0 bridgehead atoms. The third-order valence-corrected chi connectivity index (χ3v) is 5.63. The highest BCUT2D eigenvalue weighted by atomic mass is 14.3. The van der Waals surface area contributed by atoms with Crippen LogP contribution in [0.2, 0.25) is 0 Å². The Morgan fingerprint density at radius 1 is 0.476 bits per heavy atom. The van der Waals surface area contributed by atoms with Crippen LogP contribution in [0.15, 0.2) is 24.3 Å². The Morgan fingerprint density at radius 2 is 0.857 bits per heavy atom. The van der Waals surface area contributed by atoms with Gasteiger partial charge < -0.3 is 0 Å². The van der Waals surface area contributed by atoms with E-state index < -0.39 is 0 Å². The Balaban J connectivity index is 1.67. The van der Waals surface area contributed by atoms with E-state index in [1.165, 1.54) is 73.6 Å². The molecule has 105 valence electrons. The maximum absolute atomic E-state index is 2.50. The Labute approximate surface area is 127 Å². The first-order valence-corrected chi connectivity index (χ1v) is 8.55. The zero-order valence-electron chi connectivity index (χ0n) is 12.5. The van der Waals surface area contributed by atoms with Crippen LogP contribution in [0.1, 0.15) is 59.1 Å². The standard InChI is InChI=1S/C21H21/c1-3-7-16-12-20-18(9-14(16)5-1)11-19-10-15-6-2-4-8-17(15)13-21(19)20/h9-13H,1-8H2. The molecule has 0 atom stereocenters. The number of aryl methyl sites for hydroxylation is 4. The summed E-state index contributed by atoms with van der Waals surface area (Å²) in [6, 6.07) is 9.95. The Bertz CT molecular complexity index is 673. The zero-order chi connectivity index (χ0) is 13.8. The molecule has 0 nitrogen and oxygen atoms in total. The lowest BCUT2D eigenvalue weighted by Crippen LogP contribution is -2.03. The van der Waals surface area contributed by atoms with Gasteiger partial charge in [-0.2, -0.15) is 0 Å². The number of hydrogen-bond donors (Lipinski definition) is 0. The SMILES string of the molecule is [CH]1c2cc3c(cc2-c2cc4c(cc21)CCCC4)CCCC3. The van der Waals surface area contributed by atoms with Gasteiger partial charge in [-0.3, -0.25) is 0 Å². The van der Waals surface area contributed by atoms with Crippen LogP contribution in [-0.4, -0.2) is 0 Å². The zero-order valence-corrected chi connectivity index (χ0v) is 12.5. The lowest BCUT2D eigenvalue weighted by Gasteiger charge is -2.18. The largest absolute Gasteiger partial charge is 0.0543 e. The minimum Gasteiger partial charge on any atom is -0.0543 e. The van der Waals surface area contributed by atoms with Crippen molar-refractivity contribution in [1.82, 2.24) is 0 Å². The van der Waals surface area contributed by atoms with Crippen molar-refractivity contribution in [2.45, 2.75) is 51.4 Å². The molecule has 0 saturated carbocycles. The summed E-state index contributed by atoms with van der Waals surface area (Å²) >= 11 is 0. The van der Waals surface area contributed by atoms with E-state index in [1.54, 1.807) is 22.3 Å². The molecule has 0 unspecified atom stereocenters. The van der Waals surface area contributed by atoms with Crippen LogP contribution >= 0.6 is 0 Å². The predicted molar refractivity (Wildman–Crippen MR) is 87.7 cm³/mol. The van der Waals surface area contributed by atoms with Crippen molar-refractivity contribution >= 4 is 0 Å². The first kappa shape index (κ1) is 12.0. The fourth-order valence-corrected chi connectivity index (χ4v) is 4.48. The highest BCUT2D eigenvalue weighted by Gasteiger charge is 2.24. The van der Waals surface area contributed by atoms with Gasteiger partial charge in [-0.05, 0) is 95.9 Å². The summed E-state index contributed by atoms with van der Waals surface area (Å²) < 4.78 is 0. The van der Waals surface area contributed by atoms with Crippen molar-refractivity contribution in [2.24, 2.45) is 0 Å². The molecule has 0 N–H and O–H groups in total. The maximum atomic E-state index is 2.50. The minimum absolute atomic E-state index is 1.28. The van der Waals surface area contributed by atoms with Crippen LogP contribution in [-0.2, 0) is 25.7 Å². The lowest BCUT2D eigenvalue weighted by molar-refractivity contribution is 0.685. The summed E-state index contributed by atoms with van der Waals surface area (Å²) in [5.74, 6) is 0. The van der Waals surface area contributed by atoms with Crippen LogP contribution in [0.5, 0.6) is 0 Å².